The molecule has 1 aliphatic rings. The van der Waals surface area contributed by atoms with Crippen LogP contribution < -0.4 is 9.80 Å². The van der Waals surface area contributed by atoms with E-state index >= 15 is 0 Å². The van der Waals surface area contributed by atoms with Gasteiger partial charge in [0.1, 0.15) is 12.6 Å². The maximum atomic E-state index is 13.8. The average Bonchev–Trinajstić information content (AvgIpc) is 3.34. The van der Waals surface area contributed by atoms with E-state index in [2.05, 4.69) is 15.4 Å². The number of amides is 1. The minimum Gasteiger partial charge on any atom is -0.447 e. The SMILES string of the molecule is CCC1CN(C(c2cc(C(F)(F)F)cc(C(F)(F)F)c2)c2nnn(C)n2)c2cc(C(F)(F)F)ccc2N1C(=O)OCCO. The van der Waals surface area contributed by atoms with Gasteiger partial charge in [-0.15, -0.1) is 10.2 Å². The number of anilines is 2. The summed E-state index contributed by atoms with van der Waals surface area (Å²) in [6.07, 6.45) is -16.3. The molecule has 0 radical (unpaired) electrons. The number of benzene rings is 2. The van der Waals surface area contributed by atoms with Crippen molar-refractivity contribution in [3.63, 3.8) is 0 Å². The molecular weight excluding hydrogens is 603 g/mol. The minimum absolute atomic E-state index is 0.0791. The molecule has 2 heterocycles. The molecule has 9 nitrogen and oxygen atoms in total. The summed E-state index contributed by atoms with van der Waals surface area (Å²) in [4.78, 5) is 16.0. The second kappa shape index (κ2) is 11.5. The second-order valence-corrected chi connectivity index (χ2v) is 9.50. The van der Waals surface area contributed by atoms with E-state index in [1.54, 1.807) is 6.92 Å². The van der Waals surface area contributed by atoms with E-state index in [-0.39, 0.29) is 30.4 Å². The molecule has 43 heavy (non-hydrogen) atoms. The van der Waals surface area contributed by atoms with Crippen molar-refractivity contribution in [2.75, 3.05) is 29.6 Å². The summed E-state index contributed by atoms with van der Waals surface area (Å²) in [7, 11) is 1.28. The predicted molar refractivity (Wildman–Crippen MR) is 131 cm³/mol. The van der Waals surface area contributed by atoms with Crippen LogP contribution in [0.25, 0.3) is 0 Å². The van der Waals surface area contributed by atoms with Crippen molar-refractivity contribution in [1.29, 1.82) is 0 Å². The number of carbonyl (C=O) groups excluding carboxylic acids is 1. The van der Waals surface area contributed by atoms with Crippen LogP contribution in [-0.2, 0) is 30.3 Å². The highest BCUT2D eigenvalue weighted by Gasteiger charge is 2.44. The molecule has 0 spiro atoms. The third kappa shape index (κ3) is 6.62. The summed E-state index contributed by atoms with van der Waals surface area (Å²) >= 11 is 0. The van der Waals surface area contributed by atoms with Gasteiger partial charge in [-0.2, -0.15) is 44.3 Å². The molecule has 0 fully saturated rings. The number of aliphatic hydroxyl groups excluding tert-OH is 1. The van der Waals surface area contributed by atoms with E-state index in [0.29, 0.717) is 24.3 Å². The highest BCUT2D eigenvalue weighted by atomic mass is 19.4. The molecular formula is C25H23F9N6O3. The van der Waals surface area contributed by atoms with Crippen LogP contribution in [0, 0.1) is 0 Å². The van der Waals surface area contributed by atoms with Gasteiger partial charge < -0.3 is 14.7 Å². The normalized spacial score (nSPS) is 16.7. The van der Waals surface area contributed by atoms with Crippen molar-refractivity contribution >= 4 is 17.5 Å². The predicted octanol–water partition coefficient (Wildman–Crippen LogP) is 5.59. The molecule has 0 bridgehead atoms. The quantitative estimate of drug-likeness (QED) is 0.357. The Hall–Kier alpha value is -4.09. The zero-order valence-corrected chi connectivity index (χ0v) is 22.3. The van der Waals surface area contributed by atoms with Gasteiger partial charge in [-0.1, -0.05) is 6.92 Å². The fourth-order valence-electron chi connectivity index (χ4n) is 4.76. The molecule has 0 aliphatic carbocycles. The third-order valence-corrected chi connectivity index (χ3v) is 6.63. The van der Waals surface area contributed by atoms with Crippen molar-refractivity contribution in [2.24, 2.45) is 7.05 Å². The average molecular weight is 626 g/mol. The molecule has 18 heteroatoms. The largest absolute Gasteiger partial charge is 0.447 e. The van der Waals surface area contributed by atoms with Gasteiger partial charge in [-0.05, 0) is 53.6 Å². The van der Waals surface area contributed by atoms with E-state index < -0.39 is 78.0 Å². The number of aryl methyl sites for hydroxylation is 1. The fourth-order valence-corrected chi connectivity index (χ4v) is 4.76. The van der Waals surface area contributed by atoms with E-state index in [0.717, 1.165) is 20.7 Å². The molecule has 0 saturated heterocycles. The number of ether oxygens (including phenoxy) is 1. The molecule has 3 aromatic rings. The number of aliphatic hydroxyl groups is 1. The van der Waals surface area contributed by atoms with Crippen LogP contribution in [0.2, 0.25) is 0 Å². The summed E-state index contributed by atoms with van der Waals surface area (Å²) in [5, 5.41) is 20.5. The number of fused-ring (bicyclic) bond motifs is 1. The molecule has 0 saturated carbocycles. The Kier molecular flexibility index (Phi) is 8.54. The number of halogens is 9. The van der Waals surface area contributed by atoms with Gasteiger partial charge in [0.2, 0.25) is 5.82 Å². The highest BCUT2D eigenvalue weighted by molar-refractivity contribution is 5.95. The van der Waals surface area contributed by atoms with E-state index in [4.69, 9.17) is 9.84 Å². The van der Waals surface area contributed by atoms with Gasteiger partial charge in [-0.25, -0.2) is 4.79 Å². The van der Waals surface area contributed by atoms with E-state index in [9.17, 15) is 44.3 Å². The van der Waals surface area contributed by atoms with Crippen LogP contribution in [0.15, 0.2) is 36.4 Å². The maximum absolute atomic E-state index is 13.8. The first-order valence-electron chi connectivity index (χ1n) is 12.5. The number of hydrogen-bond donors (Lipinski definition) is 1. The summed E-state index contributed by atoms with van der Waals surface area (Å²) < 4.78 is 129. The first-order chi connectivity index (χ1) is 20.0. The summed E-state index contributed by atoms with van der Waals surface area (Å²) in [5.41, 5.74) is -5.71. The Morgan fingerprint density at radius 2 is 1.56 bits per heavy atom. The van der Waals surface area contributed by atoms with Crippen molar-refractivity contribution in [3.05, 3.63) is 64.5 Å². The number of tetrazole rings is 1. The summed E-state index contributed by atoms with van der Waals surface area (Å²) in [5.74, 6) is -0.413. The fraction of sp³-hybridized carbons (Fsp3) is 0.440. The number of rotatable bonds is 6. The van der Waals surface area contributed by atoms with Crippen LogP contribution in [0.5, 0.6) is 0 Å². The van der Waals surface area contributed by atoms with Crippen LogP contribution in [0.3, 0.4) is 0 Å². The van der Waals surface area contributed by atoms with Gasteiger partial charge >= 0.3 is 24.6 Å². The molecule has 234 valence electrons. The summed E-state index contributed by atoms with van der Waals surface area (Å²) in [6, 6.07) is 0.412. The molecule has 1 aliphatic heterocycles. The van der Waals surface area contributed by atoms with Gasteiger partial charge in [0.05, 0.1) is 47.8 Å². The number of alkyl halides is 9. The van der Waals surface area contributed by atoms with Crippen LogP contribution in [0.1, 0.15) is 47.5 Å². The first kappa shape index (κ1) is 31.8. The first-order valence-corrected chi connectivity index (χ1v) is 12.5. The molecule has 2 aromatic carbocycles. The van der Waals surface area contributed by atoms with Crippen molar-refractivity contribution < 1.29 is 54.2 Å². The Bertz CT molecular complexity index is 1440. The summed E-state index contributed by atoms with van der Waals surface area (Å²) in [6.45, 7) is 0.216. The van der Waals surface area contributed by atoms with Gasteiger partial charge in [0, 0.05) is 6.54 Å². The molecule has 2 atom stereocenters. The zero-order valence-electron chi connectivity index (χ0n) is 22.3. The number of nitrogens with zero attached hydrogens (tertiary/aromatic N) is 6. The number of hydrogen-bond acceptors (Lipinski definition) is 7. The lowest BCUT2D eigenvalue weighted by Gasteiger charge is -2.45. The van der Waals surface area contributed by atoms with Crippen molar-refractivity contribution in [3.8, 4) is 0 Å². The molecule has 2 unspecified atom stereocenters. The number of aromatic nitrogens is 4. The Labute approximate surface area is 237 Å². The van der Waals surface area contributed by atoms with Crippen molar-refractivity contribution in [1.82, 2.24) is 20.2 Å². The lowest BCUT2D eigenvalue weighted by atomic mass is 9.94. The van der Waals surface area contributed by atoms with Gasteiger partial charge in [0.15, 0.2) is 0 Å². The van der Waals surface area contributed by atoms with Crippen LogP contribution >= 0.6 is 0 Å². The standard InChI is InChI=1S/C25H23F9N6O3/c1-3-17-12-39(19-11-14(23(26,27)28)4-5-18(19)40(17)22(42)43-7-6-41)20(21-35-37-38(2)36-21)13-8-15(24(29,30)31)10-16(9-13)25(32,33)34/h4-5,8-11,17,20,41H,3,6-7,12H2,1-2H3. The van der Waals surface area contributed by atoms with Crippen LogP contribution in [0.4, 0.5) is 55.7 Å². The molecule has 1 amide bonds. The Morgan fingerprint density at radius 3 is 2.05 bits per heavy atom. The lowest BCUT2D eigenvalue weighted by molar-refractivity contribution is -0.143. The third-order valence-electron chi connectivity index (χ3n) is 6.63. The lowest BCUT2D eigenvalue weighted by Crippen LogP contribution is -2.53. The maximum Gasteiger partial charge on any atom is 0.416 e. The smallest absolute Gasteiger partial charge is 0.416 e. The van der Waals surface area contributed by atoms with Crippen molar-refractivity contribution in [2.45, 2.75) is 44.0 Å². The molecule has 1 aromatic heterocycles. The molecule has 1 N–H and O–H groups in total. The monoisotopic (exact) mass is 626 g/mol. The minimum atomic E-state index is -5.22. The number of carbonyl (C=O) groups is 1. The highest BCUT2D eigenvalue weighted by Crippen LogP contribution is 2.47. The van der Waals surface area contributed by atoms with Crippen LogP contribution in [-0.4, -0.2) is 57.2 Å². The Balaban J connectivity index is 2.02. The van der Waals surface area contributed by atoms with Gasteiger partial charge in [0.25, 0.3) is 0 Å². The van der Waals surface area contributed by atoms with E-state index in [1.807, 2.05) is 0 Å². The topological polar surface area (TPSA) is 96.6 Å². The molecule has 4 rings (SSSR count). The van der Waals surface area contributed by atoms with E-state index in [1.165, 1.54) is 7.05 Å². The van der Waals surface area contributed by atoms with Gasteiger partial charge in [-0.3, -0.25) is 4.90 Å². The Morgan fingerprint density at radius 1 is 0.953 bits per heavy atom. The zero-order chi connectivity index (χ0) is 31.9. The second-order valence-electron chi connectivity index (χ2n) is 9.50.